The fourth-order valence-electron chi connectivity index (χ4n) is 3.27. The van der Waals surface area contributed by atoms with Gasteiger partial charge in [0.25, 0.3) is 0 Å². The Kier molecular flexibility index (Phi) is 5.12. The van der Waals surface area contributed by atoms with Gasteiger partial charge >= 0.3 is 0 Å². The molecule has 0 bridgehead atoms. The van der Waals surface area contributed by atoms with Crippen molar-refractivity contribution in [3.05, 3.63) is 42.2 Å². The van der Waals surface area contributed by atoms with Gasteiger partial charge in [-0.3, -0.25) is 4.79 Å². The summed E-state index contributed by atoms with van der Waals surface area (Å²) in [6.07, 6.45) is 3.55. The zero-order valence-corrected chi connectivity index (χ0v) is 14.5. The first kappa shape index (κ1) is 17.0. The maximum atomic E-state index is 12.8. The fourth-order valence-corrected chi connectivity index (χ4v) is 3.27. The lowest BCUT2D eigenvalue weighted by Gasteiger charge is -2.35. The molecule has 0 radical (unpaired) electrons. The van der Waals surface area contributed by atoms with Crippen molar-refractivity contribution in [3.63, 3.8) is 0 Å². The lowest BCUT2D eigenvalue weighted by atomic mass is 10.1. The van der Waals surface area contributed by atoms with Crippen LogP contribution >= 0.6 is 0 Å². The van der Waals surface area contributed by atoms with Crippen molar-refractivity contribution in [2.45, 2.75) is 12.5 Å². The van der Waals surface area contributed by atoms with Crippen LogP contribution in [0.15, 0.2) is 35.1 Å². The molecule has 4 heterocycles. The van der Waals surface area contributed by atoms with Gasteiger partial charge in [0, 0.05) is 25.8 Å². The average Bonchev–Trinajstić information content (AvgIpc) is 3.22. The molecule has 0 aromatic carbocycles. The van der Waals surface area contributed by atoms with Crippen LogP contribution in [0.5, 0.6) is 0 Å². The second kappa shape index (κ2) is 7.84. The van der Waals surface area contributed by atoms with E-state index in [2.05, 4.69) is 9.88 Å². The Morgan fingerprint density at radius 1 is 1.15 bits per heavy atom. The summed E-state index contributed by atoms with van der Waals surface area (Å²) in [7, 11) is 0. The number of hydrogen-bond donors (Lipinski definition) is 0. The van der Waals surface area contributed by atoms with Crippen molar-refractivity contribution in [3.8, 4) is 0 Å². The first-order valence-electron chi connectivity index (χ1n) is 8.86. The number of amides is 1. The lowest BCUT2D eigenvalue weighted by molar-refractivity contribution is -0.140. The van der Waals surface area contributed by atoms with E-state index in [-0.39, 0.29) is 18.4 Å². The summed E-state index contributed by atoms with van der Waals surface area (Å²) in [5.74, 6) is 2.13. The highest BCUT2D eigenvalue weighted by molar-refractivity contribution is 5.78. The van der Waals surface area contributed by atoms with Gasteiger partial charge in [-0.15, -0.1) is 0 Å². The van der Waals surface area contributed by atoms with Crippen LogP contribution in [-0.4, -0.2) is 66.8 Å². The lowest BCUT2D eigenvalue weighted by Crippen LogP contribution is -2.45. The van der Waals surface area contributed by atoms with Gasteiger partial charge in [-0.05, 0) is 18.2 Å². The first-order chi connectivity index (χ1) is 12.8. The highest BCUT2D eigenvalue weighted by Crippen LogP contribution is 2.24. The zero-order valence-electron chi connectivity index (χ0n) is 14.5. The summed E-state index contributed by atoms with van der Waals surface area (Å²) >= 11 is 0. The monoisotopic (exact) mass is 358 g/mol. The third kappa shape index (κ3) is 3.71. The van der Waals surface area contributed by atoms with Crippen molar-refractivity contribution in [2.24, 2.45) is 0 Å². The normalized spacial score (nSPS) is 21.0. The minimum atomic E-state index is -0.285. The molecule has 0 N–H and O–H groups in total. The third-order valence-electron chi connectivity index (χ3n) is 4.65. The summed E-state index contributed by atoms with van der Waals surface area (Å²) < 4.78 is 16.3. The fraction of sp³-hybridized carbons (Fsp3) is 0.500. The van der Waals surface area contributed by atoms with Crippen LogP contribution in [0.4, 0.5) is 5.82 Å². The molecule has 0 spiro atoms. The molecule has 8 heteroatoms. The number of hydrogen-bond acceptors (Lipinski definition) is 7. The van der Waals surface area contributed by atoms with E-state index in [0.717, 1.165) is 18.9 Å². The molecular formula is C18H22N4O4. The molecule has 2 saturated heterocycles. The standard InChI is InChI=1S/C18H22N4O4/c23-17(12-14-2-1-8-26-14)22-7-11-25-13-15(22)18-19-4-3-16(20-18)21-5-9-24-10-6-21/h1-4,8,15H,5-7,9-13H2. The maximum Gasteiger partial charge on any atom is 0.230 e. The van der Waals surface area contributed by atoms with Crippen LogP contribution < -0.4 is 4.90 Å². The van der Waals surface area contributed by atoms with Gasteiger partial charge in [-0.25, -0.2) is 9.97 Å². The molecule has 1 atom stereocenters. The molecule has 0 aliphatic carbocycles. The molecule has 4 rings (SSSR count). The van der Waals surface area contributed by atoms with Gasteiger partial charge in [0.2, 0.25) is 5.91 Å². The molecule has 2 aliphatic heterocycles. The molecule has 2 fully saturated rings. The predicted molar refractivity (Wildman–Crippen MR) is 92.7 cm³/mol. The third-order valence-corrected chi connectivity index (χ3v) is 4.65. The smallest absolute Gasteiger partial charge is 0.230 e. The number of aromatic nitrogens is 2. The summed E-state index contributed by atoms with van der Waals surface area (Å²) in [5, 5.41) is 0. The topological polar surface area (TPSA) is 80.9 Å². The molecule has 0 saturated carbocycles. The van der Waals surface area contributed by atoms with Crippen LogP contribution in [0.2, 0.25) is 0 Å². The Morgan fingerprint density at radius 3 is 2.81 bits per heavy atom. The van der Waals surface area contributed by atoms with E-state index < -0.39 is 0 Å². The molecule has 1 amide bonds. The van der Waals surface area contributed by atoms with Crippen molar-refractivity contribution in [2.75, 3.05) is 51.0 Å². The summed E-state index contributed by atoms with van der Waals surface area (Å²) in [4.78, 5) is 25.9. The Balaban J connectivity index is 1.53. The largest absolute Gasteiger partial charge is 0.469 e. The molecule has 2 aromatic rings. The molecule has 138 valence electrons. The molecule has 1 unspecified atom stereocenters. The van der Waals surface area contributed by atoms with Gasteiger partial charge in [0.1, 0.15) is 17.6 Å². The summed E-state index contributed by atoms with van der Waals surface area (Å²) in [6.45, 7) is 4.44. The van der Waals surface area contributed by atoms with Gasteiger partial charge < -0.3 is 23.7 Å². The van der Waals surface area contributed by atoms with E-state index in [1.54, 1.807) is 23.4 Å². The summed E-state index contributed by atoms with van der Waals surface area (Å²) in [5.41, 5.74) is 0. The maximum absolute atomic E-state index is 12.8. The summed E-state index contributed by atoms with van der Waals surface area (Å²) in [6, 6.07) is 5.21. The number of nitrogens with zero attached hydrogens (tertiary/aromatic N) is 4. The van der Waals surface area contributed by atoms with Crippen molar-refractivity contribution in [1.29, 1.82) is 0 Å². The van der Waals surface area contributed by atoms with Crippen LogP contribution in [0.3, 0.4) is 0 Å². The minimum absolute atomic E-state index is 0.00590. The highest BCUT2D eigenvalue weighted by atomic mass is 16.5. The van der Waals surface area contributed by atoms with E-state index in [1.165, 1.54) is 0 Å². The van der Waals surface area contributed by atoms with E-state index in [4.69, 9.17) is 18.9 Å². The molecule has 2 aromatic heterocycles. The molecule has 2 aliphatic rings. The van der Waals surface area contributed by atoms with Crippen molar-refractivity contribution in [1.82, 2.24) is 14.9 Å². The predicted octanol–water partition coefficient (Wildman–Crippen LogP) is 1.05. The highest BCUT2D eigenvalue weighted by Gasteiger charge is 2.31. The van der Waals surface area contributed by atoms with E-state index in [1.807, 2.05) is 12.1 Å². The van der Waals surface area contributed by atoms with Gasteiger partial charge in [0.05, 0.1) is 39.1 Å². The van der Waals surface area contributed by atoms with Crippen molar-refractivity contribution < 1.29 is 18.7 Å². The second-order valence-electron chi connectivity index (χ2n) is 6.31. The van der Waals surface area contributed by atoms with Crippen LogP contribution in [-0.2, 0) is 20.7 Å². The van der Waals surface area contributed by atoms with Crippen LogP contribution in [0, 0.1) is 0 Å². The average molecular weight is 358 g/mol. The minimum Gasteiger partial charge on any atom is -0.469 e. The number of ether oxygens (including phenoxy) is 2. The zero-order chi connectivity index (χ0) is 17.8. The Labute approximate surface area is 151 Å². The Morgan fingerprint density at radius 2 is 2.00 bits per heavy atom. The van der Waals surface area contributed by atoms with Crippen LogP contribution in [0.1, 0.15) is 17.6 Å². The van der Waals surface area contributed by atoms with Crippen molar-refractivity contribution >= 4 is 11.7 Å². The quantitative estimate of drug-likeness (QED) is 0.808. The molecular weight excluding hydrogens is 336 g/mol. The number of furan rings is 1. The SMILES string of the molecule is O=C(Cc1ccco1)N1CCOCC1c1nccc(N2CCOCC2)n1. The van der Waals surface area contributed by atoms with Gasteiger partial charge in [-0.2, -0.15) is 0 Å². The van der Waals surface area contributed by atoms with Crippen LogP contribution in [0.25, 0.3) is 0 Å². The van der Waals surface area contributed by atoms with E-state index in [9.17, 15) is 4.79 Å². The van der Waals surface area contributed by atoms with Gasteiger partial charge in [-0.1, -0.05) is 0 Å². The molecule has 8 nitrogen and oxygen atoms in total. The Bertz CT molecular complexity index is 731. The number of anilines is 1. The number of rotatable bonds is 4. The van der Waals surface area contributed by atoms with Gasteiger partial charge in [0.15, 0.2) is 5.82 Å². The number of carbonyl (C=O) groups is 1. The number of carbonyl (C=O) groups excluding carboxylic acids is 1. The second-order valence-corrected chi connectivity index (χ2v) is 6.31. The molecule has 26 heavy (non-hydrogen) atoms. The first-order valence-corrected chi connectivity index (χ1v) is 8.86. The van der Waals surface area contributed by atoms with E-state index in [0.29, 0.717) is 44.6 Å². The number of morpholine rings is 2. The Hall–Kier alpha value is -2.45. The van der Waals surface area contributed by atoms with E-state index >= 15 is 0 Å².